The molecule has 6 rings (SSSR count). The number of ether oxygens (including phenoxy) is 2. The number of nitrogens with one attached hydrogen (secondary N) is 2. The van der Waals surface area contributed by atoms with E-state index in [9.17, 15) is 28.8 Å². The van der Waals surface area contributed by atoms with Gasteiger partial charge < -0.3 is 24.2 Å². The Balaban J connectivity index is 1.41. The second-order valence-corrected chi connectivity index (χ2v) is 11.5. The van der Waals surface area contributed by atoms with E-state index >= 15 is 0 Å². The lowest BCUT2D eigenvalue weighted by atomic mass is 9.94. The number of aromatic nitrogens is 1. The normalized spacial score (nSPS) is 17.9. The van der Waals surface area contributed by atoms with Gasteiger partial charge in [-0.3, -0.25) is 39.0 Å². The van der Waals surface area contributed by atoms with E-state index in [0.29, 0.717) is 25.4 Å². The molecule has 2 unspecified atom stereocenters. The summed E-state index contributed by atoms with van der Waals surface area (Å²) in [5, 5.41) is 8.73. The minimum Gasteiger partial charge on any atom is -0.465 e. The molecule has 4 heterocycles. The van der Waals surface area contributed by atoms with Crippen LogP contribution in [0.2, 0.25) is 0 Å². The van der Waals surface area contributed by atoms with Gasteiger partial charge in [0, 0.05) is 25.6 Å². The number of aryl methyl sites for hydroxylation is 1. The molecule has 0 saturated carbocycles. The van der Waals surface area contributed by atoms with E-state index in [1.165, 1.54) is 29.2 Å². The van der Waals surface area contributed by atoms with Gasteiger partial charge in [0.1, 0.15) is 17.8 Å². The number of carbonyl (C=O) groups is 6. The molecule has 2 atom stereocenters. The molecular weight excluding hydrogens is 610 g/mol. The highest BCUT2D eigenvalue weighted by Gasteiger charge is 2.47. The molecule has 2 aromatic carbocycles. The third-order valence-corrected chi connectivity index (χ3v) is 8.37. The fourth-order valence-corrected chi connectivity index (χ4v) is 6.16. The number of benzene rings is 2. The van der Waals surface area contributed by atoms with Crippen molar-refractivity contribution in [2.24, 2.45) is 0 Å². The van der Waals surface area contributed by atoms with Crippen LogP contribution in [0, 0.1) is 6.92 Å². The number of amides is 6. The highest BCUT2D eigenvalue weighted by molar-refractivity contribution is 6.24. The summed E-state index contributed by atoms with van der Waals surface area (Å²) >= 11 is 0. The fourth-order valence-electron chi connectivity index (χ4n) is 6.16. The quantitative estimate of drug-likeness (QED) is 0.309. The molecule has 6 amide bonds. The molecule has 1 saturated heterocycles. The number of hydrogen-bond donors (Lipinski definition) is 2. The van der Waals surface area contributed by atoms with Gasteiger partial charge in [0.15, 0.2) is 6.61 Å². The molecule has 1 aromatic heterocycles. The Bertz CT molecular complexity index is 1780. The highest BCUT2D eigenvalue weighted by atomic mass is 16.5. The number of imide groups is 2. The summed E-state index contributed by atoms with van der Waals surface area (Å²) in [6, 6.07) is 9.14. The monoisotopic (exact) mass is 643 g/mol. The third-order valence-electron chi connectivity index (χ3n) is 8.37. The fraction of sp³-hybridized carbons (Fsp3) is 0.364. The lowest BCUT2D eigenvalue weighted by Crippen LogP contribution is -2.54. The maximum Gasteiger partial charge on any atom is 0.262 e. The zero-order chi connectivity index (χ0) is 33.2. The van der Waals surface area contributed by atoms with E-state index in [-0.39, 0.29) is 48.5 Å². The van der Waals surface area contributed by atoms with Crippen LogP contribution >= 0.6 is 0 Å². The topological polar surface area (TPSA) is 177 Å². The largest absolute Gasteiger partial charge is 0.465 e. The smallest absolute Gasteiger partial charge is 0.262 e. The average molecular weight is 644 g/mol. The van der Waals surface area contributed by atoms with Gasteiger partial charge in [0.25, 0.3) is 23.6 Å². The summed E-state index contributed by atoms with van der Waals surface area (Å²) in [6.07, 6.45) is 0.612. The number of rotatable bonds is 10. The first-order valence-corrected chi connectivity index (χ1v) is 15.3. The molecule has 14 heteroatoms. The van der Waals surface area contributed by atoms with Gasteiger partial charge in [-0.2, -0.15) is 0 Å². The maximum atomic E-state index is 14.1. The molecule has 14 nitrogen and oxygen atoms in total. The van der Waals surface area contributed by atoms with Crippen molar-refractivity contribution in [1.29, 1.82) is 0 Å². The second-order valence-electron chi connectivity index (χ2n) is 11.5. The number of nitrogens with zero attached hydrogens (tertiary/aromatic N) is 3. The van der Waals surface area contributed by atoms with Crippen LogP contribution in [-0.4, -0.2) is 76.2 Å². The minimum absolute atomic E-state index is 0.0120. The average Bonchev–Trinajstić information content (AvgIpc) is 3.59. The standard InChI is InChI=1S/C33H33N5O9/c1-3-34-31(42)29(22-5-4-6-23-28(22)33(44)38(32(23)43)24-9-10-25(39)35-30(24)41)37(27(40)17-46-26-13-18(2)47-36-26)15-19-7-8-21-16-45-12-11-20(21)14-19/h4-8,13-14,24,29H,3,9-12,15-17H2,1-2H3,(H,34,42)(H,35,39,41). The van der Waals surface area contributed by atoms with E-state index in [0.717, 1.165) is 21.6 Å². The molecular formula is C33H33N5O9. The molecule has 1 fully saturated rings. The molecule has 3 aliphatic rings. The van der Waals surface area contributed by atoms with E-state index in [4.69, 9.17) is 14.0 Å². The summed E-state index contributed by atoms with van der Waals surface area (Å²) < 4.78 is 16.2. The Morgan fingerprint density at radius 3 is 2.68 bits per heavy atom. The first-order valence-electron chi connectivity index (χ1n) is 15.3. The van der Waals surface area contributed by atoms with Gasteiger partial charge in [-0.25, -0.2) is 0 Å². The number of piperidine rings is 1. The lowest BCUT2D eigenvalue weighted by Gasteiger charge is -2.32. The summed E-state index contributed by atoms with van der Waals surface area (Å²) in [4.78, 5) is 82.3. The van der Waals surface area contributed by atoms with E-state index in [1.54, 1.807) is 13.8 Å². The van der Waals surface area contributed by atoms with Crippen molar-refractivity contribution in [3.63, 3.8) is 0 Å². The van der Waals surface area contributed by atoms with E-state index in [1.807, 2.05) is 18.2 Å². The van der Waals surface area contributed by atoms with Crippen molar-refractivity contribution in [2.45, 2.75) is 58.3 Å². The van der Waals surface area contributed by atoms with E-state index in [2.05, 4.69) is 15.8 Å². The summed E-state index contributed by atoms with van der Waals surface area (Å²) in [7, 11) is 0. The lowest BCUT2D eigenvalue weighted by molar-refractivity contribution is -0.143. The zero-order valence-corrected chi connectivity index (χ0v) is 25.9. The number of likely N-dealkylation sites (N-methyl/N-ethyl adjacent to an activating group) is 1. The van der Waals surface area contributed by atoms with E-state index < -0.39 is 54.1 Å². The van der Waals surface area contributed by atoms with Crippen molar-refractivity contribution >= 4 is 35.4 Å². The Kier molecular flexibility index (Phi) is 8.85. The van der Waals surface area contributed by atoms with Crippen LogP contribution in [0.3, 0.4) is 0 Å². The predicted molar refractivity (Wildman–Crippen MR) is 162 cm³/mol. The zero-order valence-electron chi connectivity index (χ0n) is 25.9. The van der Waals surface area contributed by atoms with Gasteiger partial charge in [-0.05, 0) is 60.2 Å². The first kappa shape index (κ1) is 31.6. The summed E-state index contributed by atoms with van der Waals surface area (Å²) in [6.45, 7) is 4.09. The maximum absolute atomic E-state index is 14.1. The SMILES string of the molecule is CCNC(=O)C(c1cccc2c1C(=O)N(C1CCC(=O)NC1=O)C2=O)N(Cc1ccc2c(c1)CCOC2)C(=O)COc1cc(C)on1. The Hall–Kier alpha value is -5.37. The molecule has 0 radical (unpaired) electrons. The Labute approximate surface area is 269 Å². The molecule has 2 N–H and O–H groups in total. The van der Waals surface area contributed by atoms with Crippen molar-refractivity contribution in [3.8, 4) is 5.88 Å². The van der Waals surface area contributed by atoms with Gasteiger partial charge in [-0.15, -0.1) is 0 Å². The van der Waals surface area contributed by atoms with Crippen molar-refractivity contribution in [2.75, 3.05) is 19.8 Å². The van der Waals surface area contributed by atoms with Crippen LogP contribution in [0.15, 0.2) is 47.0 Å². The van der Waals surface area contributed by atoms with Crippen LogP contribution < -0.4 is 15.4 Å². The molecule has 0 spiro atoms. The van der Waals surface area contributed by atoms with Crippen LogP contribution in [0.25, 0.3) is 0 Å². The van der Waals surface area contributed by atoms with Gasteiger partial charge >= 0.3 is 0 Å². The van der Waals surface area contributed by atoms with Gasteiger partial charge in [0.05, 0.1) is 24.3 Å². The predicted octanol–water partition coefficient (Wildman–Crippen LogP) is 1.74. The van der Waals surface area contributed by atoms with Crippen molar-refractivity contribution in [3.05, 3.63) is 81.6 Å². The van der Waals surface area contributed by atoms with Crippen LogP contribution in [0.1, 0.15) is 74.5 Å². The molecule has 3 aliphatic heterocycles. The van der Waals surface area contributed by atoms with Crippen LogP contribution in [-0.2, 0) is 43.5 Å². The molecule has 0 aliphatic carbocycles. The first-order chi connectivity index (χ1) is 22.7. The van der Waals surface area contributed by atoms with Crippen LogP contribution in [0.5, 0.6) is 5.88 Å². The molecule has 244 valence electrons. The minimum atomic E-state index is -1.38. The summed E-state index contributed by atoms with van der Waals surface area (Å²) in [5.74, 6) is -3.39. The third kappa shape index (κ3) is 6.23. The Morgan fingerprint density at radius 2 is 1.94 bits per heavy atom. The highest BCUT2D eigenvalue weighted by Crippen LogP contribution is 2.36. The van der Waals surface area contributed by atoms with Crippen molar-refractivity contribution in [1.82, 2.24) is 25.6 Å². The van der Waals surface area contributed by atoms with Crippen LogP contribution in [0.4, 0.5) is 0 Å². The summed E-state index contributed by atoms with van der Waals surface area (Å²) in [5.41, 5.74) is 2.82. The molecule has 0 bridgehead atoms. The second kappa shape index (κ2) is 13.2. The molecule has 47 heavy (non-hydrogen) atoms. The number of hydrogen-bond acceptors (Lipinski definition) is 10. The van der Waals surface area contributed by atoms with Crippen molar-refractivity contribution < 1.29 is 42.8 Å². The molecule has 3 aromatic rings. The van der Waals surface area contributed by atoms with Gasteiger partial charge in [-0.1, -0.05) is 30.3 Å². The number of fused-ring (bicyclic) bond motifs is 2. The number of carbonyl (C=O) groups excluding carboxylic acids is 6. The Morgan fingerprint density at radius 1 is 1.11 bits per heavy atom. The van der Waals surface area contributed by atoms with Gasteiger partial charge in [0.2, 0.25) is 17.7 Å².